The molecule has 0 bridgehead atoms. The van der Waals surface area contributed by atoms with E-state index in [1.54, 1.807) is 0 Å². The highest BCUT2D eigenvalue weighted by Crippen LogP contribution is 2.18. The molecule has 0 aromatic rings. The maximum Gasteiger partial charge on any atom is 0.108 e. The molecule has 1 heterocycles. The van der Waals surface area contributed by atoms with Crippen LogP contribution in [-0.2, 0) is 0 Å². The fourth-order valence-corrected chi connectivity index (χ4v) is 1.78. The van der Waals surface area contributed by atoms with Gasteiger partial charge in [0.1, 0.15) is 5.84 Å². The summed E-state index contributed by atoms with van der Waals surface area (Å²) in [5.41, 5.74) is 1.38. The van der Waals surface area contributed by atoms with Gasteiger partial charge in [-0.1, -0.05) is 18.2 Å². The molecule has 0 saturated carbocycles. The Morgan fingerprint density at radius 3 is 2.71 bits per heavy atom. The number of amidine groups is 1. The Morgan fingerprint density at radius 1 is 1.21 bits per heavy atom. The van der Waals surface area contributed by atoms with Crippen LogP contribution in [0.1, 0.15) is 25.7 Å². The second kappa shape index (κ2) is 4.27. The van der Waals surface area contributed by atoms with E-state index in [1.807, 2.05) is 6.20 Å². The summed E-state index contributed by atoms with van der Waals surface area (Å²) in [6, 6.07) is 0. The summed E-state index contributed by atoms with van der Waals surface area (Å²) < 4.78 is 0. The van der Waals surface area contributed by atoms with Gasteiger partial charge in [-0.3, -0.25) is 0 Å². The Hall–Kier alpha value is -1.31. The van der Waals surface area contributed by atoms with Crippen LogP contribution in [0.4, 0.5) is 0 Å². The monoisotopic (exact) mass is 188 g/mol. The van der Waals surface area contributed by atoms with Crippen LogP contribution in [0, 0.1) is 0 Å². The molecular weight excluding hydrogens is 172 g/mol. The van der Waals surface area contributed by atoms with Crippen molar-refractivity contribution in [2.75, 3.05) is 7.05 Å². The number of nitrogens with zero attached hydrogens (tertiary/aromatic N) is 2. The summed E-state index contributed by atoms with van der Waals surface area (Å²) in [6.07, 6.45) is 15.0. The van der Waals surface area contributed by atoms with Gasteiger partial charge in [0, 0.05) is 25.4 Å². The van der Waals surface area contributed by atoms with Crippen LogP contribution in [-0.4, -0.2) is 17.8 Å². The molecule has 0 N–H and O–H groups in total. The van der Waals surface area contributed by atoms with Gasteiger partial charge in [0.15, 0.2) is 0 Å². The van der Waals surface area contributed by atoms with Crippen LogP contribution < -0.4 is 0 Å². The molecule has 2 rings (SSSR count). The Kier molecular flexibility index (Phi) is 2.82. The van der Waals surface area contributed by atoms with Crippen molar-refractivity contribution in [3.63, 3.8) is 0 Å². The molecule has 0 unspecified atom stereocenters. The molecule has 0 atom stereocenters. The molecule has 2 nitrogen and oxygen atoms in total. The summed E-state index contributed by atoms with van der Waals surface area (Å²) in [4.78, 5) is 6.63. The number of allylic oxidation sites excluding steroid dienone is 5. The topological polar surface area (TPSA) is 15.6 Å². The third-order valence-electron chi connectivity index (χ3n) is 2.67. The summed E-state index contributed by atoms with van der Waals surface area (Å²) in [6.45, 7) is 0. The maximum absolute atomic E-state index is 4.40. The minimum absolute atomic E-state index is 1.06. The zero-order chi connectivity index (χ0) is 9.80. The van der Waals surface area contributed by atoms with E-state index in [-0.39, 0.29) is 0 Å². The van der Waals surface area contributed by atoms with Crippen LogP contribution >= 0.6 is 0 Å². The van der Waals surface area contributed by atoms with Gasteiger partial charge in [0.05, 0.1) is 0 Å². The van der Waals surface area contributed by atoms with Crippen molar-refractivity contribution in [1.82, 2.24) is 4.90 Å². The van der Waals surface area contributed by atoms with Crippen LogP contribution in [0.25, 0.3) is 0 Å². The van der Waals surface area contributed by atoms with Crippen molar-refractivity contribution < 1.29 is 0 Å². The smallest absolute Gasteiger partial charge is 0.108 e. The molecule has 0 fully saturated rings. The second-order valence-corrected chi connectivity index (χ2v) is 3.65. The quantitative estimate of drug-likeness (QED) is 0.617. The molecule has 0 aromatic heterocycles. The Labute approximate surface area is 85.3 Å². The molecule has 0 amide bonds. The fraction of sp³-hybridized carbons (Fsp3) is 0.417. The van der Waals surface area contributed by atoms with E-state index < -0.39 is 0 Å². The van der Waals surface area contributed by atoms with E-state index in [1.165, 1.54) is 11.5 Å². The van der Waals surface area contributed by atoms with E-state index in [9.17, 15) is 0 Å². The van der Waals surface area contributed by atoms with Crippen molar-refractivity contribution in [2.45, 2.75) is 25.7 Å². The zero-order valence-corrected chi connectivity index (χ0v) is 8.61. The van der Waals surface area contributed by atoms with Gasteiger partial charge in [-0.15, -0.1) is 0 Å². The van der Waals surface area contributed by atoms with Crippen LogP contribution in [0.5, 0.6) is 0 Å². The molecule has 14 heavy (non-hydrogen) atoms. The number of rotatable bonds is 1. The third kappa shape index (κ3) is 1.95. The Morgan fingerprint density at radius 2 is 2.07 bits per heavy atom. The maximum atomic E-state index is 4.40. The molecule has 2 aliphatic rings. The normalized spacial score (nSPS) is 20.4. The summed E-state index contributed by atoms with van der Waals surface area (Å²) in [7, 11) is 2.11. The molecule has 1 aliphatic heterocycles. The Bertz CT molecular complexity index is 289. The van der Waals surface area contributed by atoms with Crippen molar-refractivity contribution in [3.05, 3.63) is 36.2 Å². The van der Waals surface area contributed by atoms with Crippen LogP contribution in [0.2, 0.25) is 0 Å². The number of aliphatic imine (C=N–C) groups is 1. The van der Waals surface area contributed by atoms with E-state index in [0.29, 0.717) is 0 Å². The molecule has 0 aromatic carbocycles. The van der Waals surface area contributed by atoms with Gasteiger partial charge < -0.3 is 4.90 Å². The average molecular weight is 188 g/mol. The van der Waals surface area contributed by atoms with Crippen molar-refractivity contribution >= 4 is 5.84 Å². The van der Waals surface area contributed by atoms with Crippen molar-refractivity contribution in [3.8, 4) is 0 Å². The fourth-order valence-electron chi connectivity index (χ4n) is 1.78. The molecule has 0 saturated heterocycles. The lowest BCUT2D eigenvalue weighted by molar-refractivity contribution is 0.568. The summed E-state index contributed by atoms with van der Waals surface area (Å²) in [5.74, 6) is 1.19. The number of hydrogen-bond acceptors (Lipinski definition) is 2. The molecule has 0 spiro atoms. The SMILES string of the molecule is CN(C1=CC=CCC1)C1=NC=CCC1. The molecule has 74 valence electrons. The lowest BCUT2D eigenvalue weighted by Gasteiger charge is -2.25. The standard InChI is InChI=1S/C12H16N2/c1-14(11-7-3-2-4-8-11)12-9-5-6-10-13-12/h2-3,6-7,10H,4-5,8-9H2,1H3. The highest BCUT2D eigenvalue weighted by atomic mass is 15.2. The highest BCUT2D eigenvalue weighted by molar-refractivity contribution is 5.85. The first-order chi connectivity index (χ1) is 6.88. The first kappa shape index (κ1) is 9.25. The molecule has 2 heteroatoms. The summed E-state index contributed by atoms with van der Waals surface area (Å²) in [5, 5.41) is 0. The van der Waals surface area contributed by atoms with Gasteiger partial charge in [0.25, 0.3) is 0 Å². The minimum atomic E-state index is 1.06. The lowest BCUT2D eigenvalue weighted by Crippen LogP contribution is -2.27. The largest absolute Gasteiger partial charge is 0.337 e. The van der Waals surface area contributed by atoms with Gasteiger partial charge >= 0.3 is 0 Å². The van der Waals surface area contributed by atoms with Gasteiger partial charge in [-0.05, 0) is 25.3 Å². The van der Waals surface area contributed by atoms with Crippen molar-refractivity contribution in [2.24, 2.45) is 4.99 Å². The molecule has 1 aliphatic carbocycles. The third-order valence-corrected chi connectivity index (χ3v) is 2.67. The first-order valence-electron chi connectivity index (χ1n) is 5.19. The van der Waals surface area contributed by atoms with Gasteiger partial charge in [-0.2, -0.15) is 0 Å². The zero-order valence-electron chi connectivity index (χ0n) is 8.61. The molecular formula is C12H16N2. The first-order valence-corrected chi connectivity index (χ1v) is 5.19. The number of hydrogen-bond donors (Lipinski definition) is 0. The lowest BCUT2D eigenvalue weighted by atomic mass is 10.1. The van der Waals surface area contributed by atoms with Crippen LogP contribution in [0.3, 0.4) is 0 Å². The predicted molar refractivity (Wildman–Crippen MR) is 60.0 cm³/mol. The average Bonchev–Trinajstić information content (AvgIpc) is 2.30. The van der Waals surface area contributed by atoms with Crippen molar-refractivity contribution in [1.29, 1.82) is 0 Å². The molecule has 0 radical (unpaired) electrons. The van der Waals surface area contributed by atoms with E-state index in [2.05, 4.69) is 41.2 Å². The predicted octanol–water partition coefficient (Wildman–Crippen LogP) is 2.86. The highest BCUT2D eigenvalue weighted by Gasteiger charge is 2.12. The van der Waals surface area contributed by atoms with Crippen LogP contribution in [0.15, 0.2) is 41.2 Å². The second-order valence-electron chi connectivity index (χ2n) is 3.65. The van der Waals surface area contributed by atoms with E-state index >= 15 is 0 Å². The minimum Gasteiger partial charge on any atom is -0.337 e. The van der Waals surface area contributed by atoms with Gasteiger partial charge in [0.2, 0.25) is 0 Å². The Balaban J connectivity index is 2.10. The summed E-state index contributed by atoms with van der Waals surface area (Å²) >= 11 is 0. The van der Waals surface area contributed by atoms with E-state index in [4.69, 9.17) is 0 Å². The van der Waals surface area contributed by atoms with E-state index in [0.717, 1.165) is 25.7 Å². The van der Waals surface area contributed by atoms with Gasteiger partial charge in [-0.25, -0.2) is 4.99 Å².